The van der Waals surface area contributed by atoms with Gasteiger partial charge in [-0.05, 0) is 48.9 Å². The molecule has 118 valence electrons. The average molecular weight is 301 g/mol. The summed E-state index contributed by atoms with van der Waals surface area (Å²) in [6.45, 7) is 5.90. The van der Waals surface area contributed by atoms with Gasteiger partial charge in [0.05, 0.1) is 18.2 Å². The molecule has 2 aromatic heterocycles. The van der Waals surface area contributed by atoms with Crippen molar-refractivity contribution in [1.82, 2.24) is 14.9 Å². The molecule has 0 saturated carbocycles. The zero-order valence-corrected chi connectivity index (χ0v) is 13.2. The SMILES string of the molecule is CC1(C)CCC(CCNC(=O)c2ccc3cccnn23)OC1. The van der Waals surface area contributed by atoms with E-state index in [1.54, 1.807) is 16.8 Å². The predicted octanol–water partition coefficient (Wildman–Crippen LogP) is 2.66. The highest BCUT2D eigenvalue weighted by molar-refractivity contribution is 5.93. The van der Waals surface area contributed by atoms with Gasteiger partial charge in [0, 0.05) is 12.7 Å². The highest BCUT2D eigenvalue weighted by atomic mass is 16.5. The Hall–Kier alpha value is -1.88. The molecule has 22 heavy (non-hydrogen) atoms. The molecule has 0 aromatic carbocycles. The Morgan fingerprint density at radius 3 is 3.09 bits per heavy atom. The molecule has 1 amide bonds. The number of aromatic nitrogens is 2. The zero-order valence-electron chi connectivity index (χ0n) is 13.2. The quantitative estimate of drug-likeness (QED) is 0.944. The smallest absolute Gasteiger partial charge is 0.269 e. The highest BCUT2D eigenvalue weighted by Gasteiger charge is 2.27. The molecule has 5 heteroatoms. The van der Waals surface area contributed by atoms with E-state index in [1.807, 2.05) is 18.2 Å². The van der Waals surface area contributed by atoms with E-state index < -0.39 is 0 Å². The number of amides is 1. The first kappa shape index (κ1) is 15.0. The van der Waals surface area contributed by atoms with Crippen LogP contribution in [0.25, 0.3) is 5.52 Å². The normalized spacial score (nSPS) is 20.9. The van der Waals surface area contributed by atoms with Crippen molar-refractivity contribution in [2.75, 3.05) is 13.2 Å². The number of hydrogen-bond acceptors (Lipinski definition) is 3. The Morgan fingerprint density at radius 1 is 1.45 bits per heavy atom. The highest BCUT2D eigenvalue weighted by Crippen LogP contribution is 2.30. The molecule has 0 radical (unpaired) electrons. The first-order valence-corrected chi connectivity index (χ1v) is 7.88. The fourth-order valence-electron chi connectivity index (χ4n) is 2.83. The van der Waals surface area contributed by atoms with E-state index in [0.29, 0.717) is 12.2 Å². The summed E-state index contributed by atoms with van der Waals surface area (Å²) in [7, 11) is 0. The van der Waals surface area contributed by atoms with Crippen molar-refractivity contribution < 1.29 is 9.53 Å². The molecular weight excluding hydrogens is 278 g/mol. The Morgan fingerprint density at radius 2 is 2.32 bits per heavy atom. The second kappa shape index (κ2) is 6.08. The molecule has 5 nitrogen and oxygen atoms in total. The van der Waals surface area contributed by atoms with Gasteiger partial charge in [-0.1, -0.05) is 13.8 Å². The van der Waals surface area contributed by atoms with Crippen molar-refractivity contribution in [1.29, 1.82) is 0 Å². The lowest BCUT2D eigenvalue weighted by Crippen LogP contribution is -2.34. The fraction of sp³-hybridized carbons (Fsp3) is 0.529. The summed E-state index contributed by atoms with van der Waals surface area (Å²) in [5, 5.41) is 7.17. The van der Waals surface area contributed by atoms with Gasteiger partial charge in [0.1, 0.15) is 5.69 Å². The van der Waals surface area contributed by atoms with Gasteiger partial charge in [-0.2, -0.15) is 5.10 Å². The van der Waals surface area contributed by atoms with Crippen LogP contribution >= 0.6 is 0 Å². The van der Waals surface area contributed by atoms with E-state index in [1.165, 1.54) is 6.42 Å². The third-order valence-electron chi connectivity index (χ3n) is 4.26. The fourth-order valence-corrected chi connectivity index (χ4v) is 2.83. The van der Waals surface area contributed by atoms with Crippen LogP contribution in [0.1, 0.15) is 43.6 Å². The van der Waals surface area contributed by atoms with Crippen LogP contribution in [0.4, 0.5) is 0 Å². The zero-order chi connectivity index (χ0) is 15.6. The summed E-state index contributed by atoms with van der Waals surface area (Å²) in [6.07, 6.45) is 5.05. The first-order chi connectivity index (χ1) is 10.6. The number of nitrogens with zero attached hydrogens (tertiary/aromatic N) is 2. The summed E-state index contributed by atoms with van der Waals surface area (Å²) in [6, 6.07) is 7.49. The molecule has 3 rings (SSSR count). The summed E-state index contributed by atoms with van der Waals surface area (Å²) < 4.78 is 7.53. The van der Waals surface area contributed by atoms with Crippen LogP contribution in [0.15, 0.2) is 30.5 Å². The molecule has 1 atom stereocenters. The van der Waals surface area contributed by atoms with Crippen LogP contribution in [0.2, 0.25) is 0 Å². The molecule has 0 spiro atoms. The summed E-state index contributed by atoms with van der Waals surface area (Å²) in [5.41, 5.74) is 1.78. The van der Waals surface area contributed by atoms with Crippen molar-refractivity contribution in [3.63, 3.8) is 0 Å². The Bertz CT molecular complexity index is 653. The maximum Gasteiger partial charge on any atom is 0.269 e. The van der Waals surface area contributed by atoms with Gasteiger partial charge >= 0.3 is 0 Å². The van der Waals surface area contributed by atoms with E-state index in [-0.39, 0.29) is 17.4 Å². The number of rotatable bonds is 4. The molecule has 1 aliphatic heterocycles. The van der Waals surface area contributed by atoms with Gasteiger partial charge in [0.2, 0.25) is 0 Å². The van der Waals surface area contributed by atoms with E-state index in [9.17, 15) is 4.79 Å². The monoisotopic (exact) mass is 301 g/mol. The van der Waals surface area contributed by atoms with Crippen LogP contribution in [0.5, 0.6) is 0 Å². The number of carbonyl (C=O) groups excluding carboxylic acids is 1. The lowest BCUT2D eigenvalue weighted by atomic mass is 9.85. The standard InChI is InChI=1S/C17H23N3O2/c1-17(2)9-7-14(22-12-17)8-11-18-16(21)15-6-5-13-4-3-10-19-20(13)15/h3-6,10,14H,7-9,11-12H2,1-2H3,(H,18,21). The van der Waals surface area contributed by atoms with Gasteiger partial charge in [0.25, 0.3) is 5.91 Å². The van der Waals surface area contributed by atoms with Crippen molar-refractivity contribution in [3.05, 3.63) is 36.2 Å². The predicted molar refractivity (Wildman–Crippen MR) is 84.9 cm³/mol. The molecule has 0 bridgehead atoms. The van der Waals surface area contributed by atoms with Gasteiger partial charge in [-0.3, -0.25) is 4.79 Å². The van der Waals surface area contributed by atoms with Crippen LogP contribution in [-0.2, 0) is 4.74 Å². The largest absolute Gasteiger partial charge is 0.378 e. The van der Waals surface area contributed by atoms with Crippen LogP contribution in [-0.4, -0.2) is 34.8 Å². The molecule has 1 aliphatic rings. The number of hydrogen-bond donors (Lipinski definition) is 1. The minimum absolute atomic E-state index is 0.0881. The third-order valence-corrected chi connectivity index (χ3v) is 4.26. The third kappa shape index (κ3) is 3.30. The van der Waals surface area contributed by atoms with Gasteiger partial charge < -0.3 is 10.1 Å². The van der Waals surface area contributed by atoms with E-state index in [4.69, 9.17) is 4.74 Å². The average Bonchev–Trinajstić information content (AvgIpc) is 2.93. The van der Waals surface area contributed by atoms with E-state index in [0.717, 1.165) is 25.0 Å². The van der Waals surface area contributed by atoms with Gasteiger partial charge in [-0.25, -0.2) is 4.52 Å². The van der Waals surface area contributed by atoms with Crippen molar-refractivity contribution in [2.45, 2.75) is 39.2 Å². The number of fused-ring (bicyclic) bond motifs is 1. The van der Waals surface area contributed by atoms with Crippen LogP contribution in [0.3, 0.4) is 0 Å². The first-order valence-electron chi connectivity index (χ1n) is 7.88. The van der Waals surface area contributed by atoms with Crippen molar-refractivity contribution in [2.24, 2.45) is 5.41 Å². The van der Waals surface area contributed by atoms with Crippen LogP contribution < -0.4 is 5.32 Å². The van der Waals surface area contributed by atoms with Crippen molar-refractivity contribution >= 4 is 11.4 Å². The molecule has 1 unspecified atom stereocenters. The second-order valence-electron chi connectivity index (χ2n) is 6.76. The Kier molecular flexibility index (Phi) is 4.16. The number of nitrogens with one attached hydrogen (secondary N) is 1. The molecular formula is C17H23N3O2. The molecule has 3 heterocycles. The molecule has 2 aromatic rings. The Labute approximate surface area is 130 Å². The van der Waals surface area contributed by atoms with Gasteiger partial charge in [-0.15, -0.1) is 0 Å². The van der Waals surface area contributed by atoms with Crippen LogP contribution in [0, 0.1) is 5.41 Å². The molecule has 1 saturated heterocycles. The minimum atomic E-state index is -0.0881. The lowest BCUT2D eigenvalue weighted by Gasteiger charge is -2.34. The Balaban J connectivity index is 1.51. The lowest BCUT2D eigenvalue weighted by molar-refractivity contribution is -0.0506. The maximum atomic E-state index is 12.3. The molecule has 1 fully saturated rings. The summed E-state index contributed by atoms with van der Waals surface area (Å²) in [4.78, 5) is 12.3. The maximum absolute atomic E-state index is 12.3. The van der Waals surface area contributed by atoms with E-state index >= 15 is 0 Å². The summed E-state index contributed by atoms with van der Waals surface area (Å²) >= 11 is 0. The second-order valence-corrected chi connectivity index (χ2v) is 6.76. The van der Waals surface area contributed by atoms with Gasteiger partial charge in [0.15, 0.2) is 0 Å². The topological polar surface area (TPSA) is 55.6 Å². The minimum Gasteiger partial charge on any atom is -0.378 e. The van der Waals surface area contributed by atoms with Crippen molar-refractivity contribution in [3.8, 4) is 0 Å². The molecule has 1 N–H and O–H groups in total. The number of carbonyl (C=O) groups is 1. The van der Waals surface area contributed by atoms with E-state index in [2.05, 4.69) is 24.3 Å². The summed E-state index contributed by atoms with van der Waals surface area (Å²) in [5.74, 6) is -0.0881. The number of ether oxygens (including phenoxy) is 1. The molecule has 0 aliphatic carbocycles.